The van der Waals surface area contributed by atoms with Gasteiger partial charge in [0, 0.05) is 53.9 Å². The molecule has 2 aromatic carbocycles. The molecule has 2 fully saturated rings. The minimum Gasteiger partial charge on any atom is -0.483 e. The van der Waals surface area contributed by atoms with E-state index in [1.54, 1.807) is 11.3 Å². The van der Waals surface area contributed by atoms with Crippen LogP contribution < -0.4 is 4.74 Å². The van der Waals surface area contributed by atoms with Crippen molar-refractivity contribution in [3.63, 3.8) is 0 Å². The third kappa shape index (κ3) is 5.62. The summed E-state index contributed by atoms with van der Waals surface area (Å²) in [5.41, 5.74) is 3.58. The smallest absolute Gasteiger partial charge is 0.260 e. The maximum atomic E-state index is 12.9. The molecule has 0 spiro atoms. The van der Waals surface area contributed by atoms with E-state index in [1.165, 1.54) is 34.1 Å². The van der Waals surface area contributed by atoms with Crippen LogP contribution in [-0.4, -0.2) is 61.7 Å². The summed E-state index contributed by atoms with van der Waals surface area (Å²) in [6.45, 7) is 8.05. The highest BCUT2D eigenvalue weighted by atomic mass is 32.1. The molecule has 180 valence electrons. The van der Waals surface area contributed by atoms with E-state index in [0.29, 0.717) is 5.92 Å². The SMILES string of the molecule is CCCN(CC1CC1)C(=O)COc1ccc(-c2csc3ccccc23)cc1CN1CCOCC1. The van der Waals surface area contributed by atoms with Crippen LogP contribution in [-0.2, 0) is 16.1 Å². The molecule has 1 aromatic heterocycles. The molecule has 0 radical (unpaired) electrons. The lowest BCUT2D eigenvalue weighted by molar-refractivity contribution is -0.133. The lowest BCUT2D eigenvalue weighted by Gasteiger charge is -2.28. The van der Waals surface area contributed by atoms with Crippen LogP contribution in [0.15, 0.2) is 47.8 Å². The van der Waals surface area contributed by atoms with E-state index >= 15 is 0 Å². The summed E-state index contributed by atoms with van der Waals surface area (Å²) in [7, 11) is 0. The highest BCUT2D eigenvalue weighted by molar-refractivity contribution is 7.17. The first-order chi connectivity index (χ1) is 16.7. The number of rotatable bonds is 10. The predicted molar refractivity (Wildman–Crippen MR) is 138 cm³/mol. The number of fused-ring (bicyclic) bond motifs is 1. The summed E-state index contributed by atoms with van der Waals surface area (Å²) >= 11 is 1.78. The van der Waals surface area contributed by atoms with Gasteiger partial charge in [-0.1, -0.05) is 31.2 Å². The quantitative estimate of drug-likeness (QED) is 0.390. The number of hydrogen-bond acceptors (Lipinski definition) is 5. The number of ether oxygens (including phenoxy) is 2. The van der Waals surface area contributed by atoms with Crippen molar-refractivity contribution in [1.29, 1.82) is 0 Å². The number of thiophene rings is 1. The molecule has 6 heteroatoms. The number of hydrogen-bond donors (Lipinski definition) is 0. The second-order valence-corrected chi connectivity index (χ2v) is 10.3. The fourth-order valence-electron chi connectivity index (χ4n) is 4.64. The normalized spacial score (nSPS) is 16.6. The molecule has 5 rings (SSSR count). The van der Waals surface area contributed by atoms with Gasteiger partial charge in [0.15, 0.2) is 6.61 Å². The number of amides is 1. The summed E-state index contributed by atoms with van der Waals surface area (Å²) in [4.78, 5) is 17.3. The minimum absolute atomic E-state index is 0.0963. The molecule has 1 saturated carbocycles. The maximum absolute atomic E-state index is 12.9. The average Bonchev–Trinajstić information content (AvgIpc) is 3.58. The van der Waals surface area contributed by atoms with E-state index in [4.69, 9.17) is 9.47 Å². The van der Waals surface area contributed by atoms with Crippen LogP contribution in [0.25, 0.3) is 21.2 Å². The van der Waals surface area contributed by atoms with Crippen molar-refractivity contribution >= 4 is 27.3 Å². The van der Waals surface area contributed by atoms with Crippen molar-refractivity contribution < 1.29 is 14.3 Å². The molecule has 1 amide bonds. The van der Waals surface area contributed by atoms with Crippen molar-refractivity contribution in [2.75, 3.05) is 46.0 Å². The van der Waals surface area contributed by atoms with E-state index in [9.17, 15) is 4.79 Å². The Bertz CT molecular complexity index is 1120. The lowest BCUT2D eigenvalue weighted by Crippen LogP contribution is -2.37. The van der Waals surface area contributed by atoms with Gasteiger partial charge in [-0.3, -0.25) is 9.69 Å². The number of morpholine rings is 1. The minimum atomic E-state index is 0.0963. The molecule has 1 aliphatic carbocycles. The molecule has 3 aromatic rings. The van der Waals surface area contributed by atoms with Crippen molar-refractivity contribution in [2.24, 2.45) is 5.92 Å². The molecule has 5 nitrogen and oxygen atoms in total. The first kappa shape index (κ1) is 23.3. The van der Waals surface area contributed by atoms with Gasteiger partial charge in [-0.25, -0.2) is 0 Å². The van der Waals surface area contributed by atoms with Gasteiger partial charge in [0.1, 0.15) is 5.75 Å². The van der Waals surface area contributed by atoms with Gasteiger partial charge in [0.2, 0.25) is 0 Å². The first-order valence-corrected chi connectivity index (χ1v) is 13.4. The van der Waals surface area contributed by atoms with E-state index in [1.807, 2.05) is 4.90 Å². The summed E-state index contributed by atoms with van der Waals surface area (Å²) in [5, 5.41) is 3.52. The van der Waals surface area contributed by atoms with Gasteiger partial charge < -0.3 is 14.4 Å². The highest BCUT2D eigenvalue weighted by Gasteiger charge is 2.26. The fraction of sp³-hybridized carbons (Fsp3) is 0.464. The van der Waals surface area contributed by atoms with E-state index < -0.39 is 0 Å². The molecule has 0 unspecified atom stereocenters. The van der Waals surface area contributed by atoms with Crippen LogP contribution in [0.2, 0.25) is 0 Å². The van der Waals surface area contributed by atoms with Crippen LogP contribution in [0.4, 0.5) is 0 Å². The van der Waals surface area contributed by atoms with Gasteiger partial charge in [-0.15, -0.1) is 11.3 Å². The Balaban J connectivity index is 1.37. The fourth-order valence-corrected chi connectivity index (χ4v) is 5.61. The van der Waals surface area contributed by atoms with E-state index in [0.717, 1.165) is 63.7 Å². The average molecular weight is 479 g/mol. The van der Waals surface area contributed by atoms with Crippen LogP contribution in [0, 0.1) is 5.92 Å². The largest absolute Gasteiger partial charge is 0.483 e. The maximum Gasteiger partial charge on any atom is 0.260 e. The Morgan fingerprint density at radius 1 is 1.18 bits per heavy atom. The zero-order chi connectivity index (χ0) is 23.3. The predicted octanol–water partition coefficient (Wildman–Crippen LogP) is 5.43. The number of benzene rings is 2. The number of carbonyl (C=O) groups is 1. The number of nitrogens with zero attached hydrogens (tertiary/aromatic N) is 2. The summed E-state index contributed by atoms with van der Waals surface area (Å²) < 4.78 is 13.0. The molecular weight excluding hydrogens is 444 g/mol. The van der Waals surface area contributed by atoms with E-state index in [2.05, 4.69) is 59.7 Å². The lowest BCUT2D eigenvalue weighted by atomic mass is 10.0. The van der Waals surface area contributed by atoms with E-state index in [-0.39, 0.29) is 12.5 Å². The molecule has 1 saturated heterocycles. The standard InChI is InChI=1S/C28H34N2O3S/c1-2-11-30(17-21-7-8-21)28(31)19-33-26-10-9-22(16-23(26)18-29-12-14-32-15-13-29)25-20-34-27-6-4-3-5-24(25)27/h3-6,9-10,16,20-21H,2,7-8,11-15,17-19H2,1H3. The summed E-state index contributed by atoms with van der Waals surface area (Å²) in [5.74, 6) is 1.59. The second kappa shape index (κ2) is 10.9. The van der Waals surface area contributed by atoms with Gasteiger partial charge in [0.25, 0.3) is 5.91 Å². The Kier molecular flexibility index (Phi) is 7.48. The van der Waals surface area contributed by atoms with Gasteiger partial charge in [0.05, 0.1) is 13.2 Å². The van der Waals surface area contributed by atoms with Crippen molar-refractivity contribution in [3.05, 3.63) is 53.4 Å². The zero-order valence-corrected chi connectivity index (χ0v) is 20.8. The van der Waals surface area contributed by atoms with Gasteiger partial charge in [-0.05, 0) is 54.3 Å². The summed E-state index contributed by atoms with van der Waals surface area (Å²) in [6.07, 6.45) is 3.47. The van der Waals surface area contributed by atoms with Crippen molar-refractivity contribution in [1.82, 2.24) is 9.80 Å². The Morgan fingerprint density at radius 3 is 2.79 bits per heavy atom. The monoisotopic (exact) mass is 478 g/mol. The Morgan fingerprint density at radius 2 is 2.00 bits per heavy atom. The highest BCUT2D eigenvalue weighted by Crippen LogP contribution is 2.36. The Labute approximate surface area is 206 Å². The van der Waals surface area contributed by atoms with Crippen LogP contribution in [0.3, 0.4) is 0 Å². The summed E-state index contributed by atoms with van der Waals surface area (Å²) in [6, 6.07) is 15.0. The Hall–Kier alpha value is -2.41. The molecule has 34 heavy (non-hydrogen) atoms. The van der Waals surface area contributed by atoms with Crippen molar-refractivity contribution in [3.8, 4) is 16.9 Å². The molecule has 0 N–H and O–H groups in total. The van der Waals surface area contributed by atoms with Crippen molar-refractivity contribution in [2.45, 2.75) is 32.7 Å². The molecule has 1 aliphatic heterocycles. The molecule has 2 aliphatic rings. The third-order valence-electron chi connectivity index (χ3n) is 6.72. The number of carbonyl (C=O) groups excluding carboxylic acids is 1. The second-order valence-electron chi connectivity index (χ2n) is 9.43. The van der Waals surface area contributed by atoms with Gasteiger partial charge >= 0.3 is 0 Å². The van der Waals surface area contributed by atoms with Crippen LogP contribution in [0.1, 0.15) is 31.7 Å². The van der Waals surface area contributed by atoms with Crippen LogP contribution in [0.5, 0.6) is 5.75 Å². The topological polar surface area (TPSA) is 42.0 Å². The molecule has 0 atom stereocenters. The molecule has 0 bridgehead atoms. The van der Waals surface area contributed by atoms with Gasteiger partial charge in [-0.2, -0.15) is 0 Å². The third-order valence-corrected chi connectivity index (χ3v) is 7.69. The zero-order valence-electron chi connectivity index (χ0n) is 20.0. The van der Waals surface area contributed by atoms with Crippen LogP contribution >= 0.6 is 11.3 Å². The first-order valence-electron chi connectivity index (χ1n) is 12.5. The molecular formula is C28H34N2O3S. The molecule has 2 heterocycles.